The topological polar surface area (TPSA) is 56.2 Å². The number of nitrogens with one attached hydrogen (secondary N) is 1. The molecule has 26 heavy (non-hydrogen) atoms. The van der Waals surface area contributed by atoms with Crippen molar-refractivity contribution in [3.05, 3.63) is 77.1 Å². The first-order chi connectivity index (χ1) is 12.6. The van der Waals surface area contributed by atoms with Crippen molar-refractivity contribution < 1.29 is 9.53 Å². The number of aromatic nitrogens is 2. The highest BCUT2D eigenvalue weighted by Gasteiger charge is 2.21. The largest absolute Gasteiger partial charge is 0.491 e. The highest BCUT2D eigenvalue weighted by Crippen LogP contribution is 2.27. The molecule has 0 saturated carbocycles. The van der Waals surface area contributed by atoms with Crippen molar-refractivity contribution in [1.29, 1.82) is 0 Å². The van der Waals surface area contributed by atoms with Gasteiger partial charge in [0, 0.05) is 12.4 Å². The van der Waals surface area contributed by atoms with Crippen molar-refractivity contribution in [2.75, 3.05) is 6.61 Å². The quantitative estimate of drug-likeness (QED) is 0.791. The van der Waals surface area contributed by atoms with Gasteiger partial charge in [-0.1, -0.05) is 12.1 Å². The number of amides is 1. The van der Waals surface area contributed by atoms with Gasteiger partial charge in [0.05, 0.1) is 17.3 Å². The number of benzene rings is 2. The first kappa shape index (κ1) is 16.4. The average molecular weight is 347 g/mol. The van der Waals surface area contributed by atoms with Gasteiger partial charge in [-0.05, 0) is 67.3 Å². The second-order valence-electron chi connectivity index (χ2n) is 6.75. The summed E-state index contributed by atoms with van der Waals surface area (Å²) < 4.78 is 7.61. The zero-order valence-electron chi connectivity index (χ0n) is 14.9. The molecule has 1 atom stereocenters. The molecule has 132 valence electrons. The molecule has 0 bridgehead atoms. The lowest BCUT2D eigenvalue weighted by atomic mass is 9.97. The summed E-state index contributed by atoms with van der Waals surface area (Å²) in [7, 11) is 0. The maximum absolute atomic E-state index is 12.4. The van der Waals surface area contributed by atoms with Gasteiger partial charge >= 0.3 is 0 Å². The van der Waals surface area contributed by atoms with E-state index >= 15 is 0 Å². The molecule has 0 aliphatic carbocycles. The first-order valence-corrected chi connectivity index (χ1v) is 8.76. The summed E-state index contributed by atoms with van der Waals surface area (Å²) in [6.07, 6.45) is 4.45. The second kappa shape index (κ2) is 6.67. The van der Waals surface area contributed by atoms with Gasteiger partial charge in [0.15, 0.2) is 0 Å². The van der Waals surface area contributed by atoms with Crippen LogP contribution in [0.3, 0.4) is 0 Å². The summed E-state index contributed by atoms with van der Waals surface area (Å²) in [5.41, 5.74) is 5.08. The van der Waals surface area contributed by atoms with E-state index in [4.69, 9.17) is 4.74 Å². The van der Waals surface area contributed by atoms with Gasteiger partial charge in [-0.15, -0.1) is 0 Å². The fourth-order valence-corrected chi connectivity index (χ4v) is 3.18. The van der Waals surface area contributed by atoms with Crippen LogP contribution in [0.4, 0.5) is 0 Å². The fraction of sp³-hybridized carbons (Fsp3) is 0.238. The van der Waals surface area contributed by atoms with Gasteiger partial charge in [0.2, 0.25) is 0 Å². The van der Waals surface area contributed by atoms with Crippen LogP contribution in [-0.2, 0) is 6.42 Å². The standard InChI is InChI=1S/C21H21N3O2/c1-14-10-20-19(21(25)23-15(2)13-26-20)12-17(14)11-16-4-6-18(7-5-16)24-9-3-8-22-24/h3-10,12,15H,11,13H2,1-2H3,(H,23,25)/t15-/m1/s1. The van der Waals surface area contributed by atoms with Crippen LogP contribution in [0, 0.1) is 6.92 Å². The predicted octanol–water partition coefficient (Wildman–Crippen LogP) is 3.28. The van der Waals surface area contributed by atoms with Gasteiger partial charge in [0.25, 0.3) is 5.91 Å². The third-order valence-corrected chi connectivity index (χ3v) is 4.65. The fourth-order valence-electron chi connectivity index (χ4n) is 3.18. The van der Waals surface area contributed by atoms with E-state index in [1.807, 2.05) is 36.0 Å². The normalized spacial score (nSPS) is 16.4. The van der Waals surface area contributed by atoms with E-state index in [2.05, 4.69) is 41.6 Å². The summed E-state index contributed by atoms with van der Waals surface area (Å²) in [6.45, 7) is 4.49. The van der Waals surface area contributed by atoms with Crippen LogP contribution in [0.2, 0.25) is 0 Å². The molecule has 0 saturated heterocycles. The highest BCUT2D eigenvalue weighted by atomic mass is 16.5. The molecule has 2 aromatic carbocycles. The Balaban J connectivity index is 1.60. The van der Waals surface area contributed by atoms with E-state index in [0.29, 0.717) is 17.9 Å². The van der Waals surface area contributed by atoms with E-state index in [9.17, 15) is 4.79 Å². The molecule has 1 aliphatic heterocycles. The number of carbonyl (C=O) groups excluding carboxylic acids is 1. The SMILES string of the molecule is Cc1cc2c(cc1Cc1ccc(-n3cccn3)cc1)C(=O)N[C@H](C)CO2. The number of rotatable bonds is 3. The maximum Gasteiger partial charge on any atom is 0.255 e. The third-order valence-electron chi connectivity index (χ3n) is 4.65. The Morgan fingerprint density at radius 1 is 1.27 bits per heavy atom. The van der Waals surface area contributed by atoms with E-state index in [1.165, 1.54) is 5.56 Å². The van der Waals surface area contributed by atoms with Crippen molar-refractivity contribution >= 4 is 5.91 Å². The van der Waals surface area contributed by atoms with Crippen LogP contribution >= 0.6 is 0 Å². The van der Waals surface area contributed by atoms with Gasteiger partial charge in [-0.3, -0.25) is 4.79 Å². The lowest BCUT2D eigenvalue weighted by molar-refractivity contribution is 0.0942. The Kier molecular flexibility index (Phi) is 4.21. The summed E-state index contributed by atoms with van der Waals surface area (Å²) in [5, 5.41) is 7.20. The molecule has 1 aromatic heterocycles. The molecule has 1 amide bonds. The summed E-state index contributed by atoms with van der Waals surface area (Å²) >= 11 is 0. The minimum absolute atomic E-state index is 0.00787. The first-order valence-electron chi connectivity index (χ1n) is 8.76. The molecular formula is C21H21N3O2. The number of hydrogen-bond donors (Lipinski definition) is 1. The Labute approximate surface area is 152 Å². The van der Waals surface area contributed by atoms with Crippen molar-refractivity contribution in [1.82, 2.24) is 15.1 Å². The van der Waals surface area contributed by atoms with Gasteiger partial charge in [-0.25, -0.2) is 4.68 Å². The minimum Gasteiger partial charge on any atom is -0.491 e. The number of hydrogen-bond acceptors (Lipinski definition) is 3. The molecule has 0 fully saturated rings. The lowest BCUT2D eigenvalue weighted by Gasteiger charge is -2.12. The minimum atomic E-state index is -0.0692. The predicted molar refractivity (Wildman–Crippen MR) is 100.0 cm³/mol. The van der Waals surface area contributed by atoms with Crippen LogP contribution < -0.4 is 10.1 Å². The number of aryl methyl sites for hydroxylation is 1. The molecule has 1 N–H and O–H groups in total. The zero-order chi connectivity index (χ0) is 18.1. The summed E-state index contributed by atoms with van der Waals surface area (Å²) in [5.74, 6) is 0.599. The van der Waals surface area contributed by atoms with E-state index in [1.54, 1.807) is 6.20 Å². The summed E-state index contributed by atoms with van der Waals surface area (Å²) in [4.78, 5) is 12.4. The molecule has 3 aromatic rings. The molecule has 2 heterocycles. The van der Waals surface area contributed by atoms with Crippen molar-refractivity contribution in [2.24, 2.45) is 0 Å². The second-order valence-corrected chi connectivity index (χ2v) is 6.75. The average Bonchev–Trinajstić information content (AvgIpc) is 3.12. The Morgan fingerprint density at radius 3 is 2.81 bits per heavy atom. The molecule has 0 unspecified atom stereocenters. The van der Waals surface area contributed by atoms with Gasteiger partial charge in [0.1, 0.15) is 12.4 Å². The van der Waals surface area contributed by atoms with E-state index in [-0.39, 0.29) is 11.9 Å². The Bertz CT molecular complexity index is 931. The number of nitrogens with zero attached hydrogens (tertiary/aromatic N) is 2. The molecule has 0 radical (unpaired) electrons. The van der Waals surface area contributed by atoms with Crippen LogP contribution in [0.1, 0.15) is 34.0 Å². The van der Waals surface area contributed by atoms with Gasteiger partial charge in [-0.2, -0.15) is 5.10 Å². The van der Waals surface area contributed by atoms with Crippen LogP contribution in [0.5, 0.6) is 5.75 Å². The number of ether oxygens (including phenoxy) is 1. The molecule has 0 spiro atoms. The van der Waals surface area contributed by atoms with E-state index < -0.39 is 0 Å². The van der Waals surface area contributed by atoms with Crippen LogP contribution in [-0.4, -0.2) is 28.3 Å². The molecular weight excluding hydrogens is 326 g/mol. The van der Waals surface area contributed by atoms with Crippen molar-refractivity contribution in [2.45, 2.75) is 26.3 Å². The van der Waals surface area contributed by atoms with Gasteiger partial charge < -0.3 is 10.1 Å². The molecule has 1 aliphatic rings. The summed E-state index contributed by atoms with van der Waals surface area (Å²) in [6, 6.07) is 14.1. The molecule has 5 nitrogen and oxygen atoms in total. The van der Waals surface area contributed by atoms with Crippen molar-refractivity contribution in [3.63, 3.8) is 0 Å². The lowest BCUT2D eigenvalue weighted by Crippen LogP contribution is -2.33. The molecule has 4 rings (SSSR count). The monoisotopic (exact) mass is 347 g/mol. The zero-order valence-corrected chi connectivity index (χ0v) is 14.9. The van der Waals surface area contributed by atoms with E-state index in [0.717, 1.165) is 23.2 Å². The third kappa shape index (κ3) is 3.20. The Morgan fingerprint density at radius 2 is 2.08 bits per heavy atom. The number of fused-ring (bicyclic) bond motifs is 1. The highest BCUT2D eigenvalue weighted by molar-refractivity contribution is 5.97. The smallest absolute Gasteiger partial charge is 0.255 e. The van der Waals surface area contributed by atoms with Crippen LogP contribution in [0.15, 0.2) is 54.9 Å². The molecule has 5 heteroatoms. The maximum atomic E-state index is 12.4. The van der Waals surface area contributed by atoms with Crippen molar-refractivity contribution in [3.8, 4) is 11.4 Å². The number of carbonyl (C=O) groups is 1. The van der Waals surface area contributed by atoms with Crippen LogP contribution in [0.25, 0.3) is 5.69 Å². The Hall–Kier alpha value is -3.08.